The van der Waals surface area contributed by atoms with Crippen LogP contribution in [0, 0.1) is 5.92 Å². The first kappa shape index (κ1) is 24.3. The number of nitrogens with zero attached hydrogens (tertiary/aromatic N) is 2. The zero-order chi connectivity index (χ0) is 22.8. The fourth-order valence-corrected chi connectivity index (χ4v) is 3.83. The van der Waals surface area contributed by atoms with Crippen molar-refractivity contribution < 1.29 is 24.6 Å². The van der Waals surface area contributed by atoms with Crippen molar-refractivity contribution in [2.45, 2.75) is 39.2 Å². The highest BCUT2D eigenvalue weighted by Crippen LogP contribution is 2.24. The van der Waals surface area contributed by atoms with Gasteiger partial charge in [-0.05, 0) is 48.7 Å². The highest BCUT2D eigenvalue weighted by molar-refractivity contribution is 6.27. The summed E-state index contributed by atoms with van der Waals surface area (Å²) < 4.78 is 0. The number of hydrogen-bond acceptors (Lipinski definition) is 4. The Hall–Kier alpha value is -2.93. The molecule has 7 heteroatoms. The van der Waals surface area contributed by atoms with Gasteiger partial charge in [-0.25, -0.2) is 9.59 Å². The minimum atomic E-state index is -1.82. The standard InChI is InChI=1S/C22H30N2O.C2H2O4/c1-3-4-14-23(2)22(25)19-12-15-24(16-13-19)17-20-10-7-9-18-8-5-6-11-21(18)20;3-1(4)2(5)6/h5-11,19H,3-4,12-17H2,1-2H3;(H,3,4)(H,5,6). The molecule has 1 aliphatic rings. The molecule has 0 atom stereocenters. The predicted molar refractivity (Wildman–Crippen MR) is 120 cm³/mol. The van der Waals surface area contributed by atoms with Crippen LogP contribution in [0.2, 0.25) is 0 Å². The van der Waals surface area contributed by atoms with Gasteiger partial charge in [0, 0.05) is 26.1 Å². The van der Waals surface area contributed by atoms with Crippen molar-refractivity contribution in [2.24, 2.45) is 5.92 Å². The van der Waals surface area contributed by atoms with Gasteiger partial charge in [-0.3, -0.25) is 9.69 Å². The number of rotatable bonds is 6. The molecule has 3 rings (SSSR count). The average molecular weight is 429 g/mol. The Morgan fingerprint density at radius 2 is 1.61 bits per heavy atom. The van der Waals surface area contributed by atoms with Crippen molar-refractivity contribution in [3.63, 3.8) is 0 Å². The van der Waals surface area contributed by atoms with Crippen LogP contribution in [0.15, 0.2) is 42.5 Å². The maximum absolute atomic E-state index is 12.6. The molecule has 0 radical (unpaired) electrons. The molecule has 2 aromatic carbocycles. The first-order chi connectivity index (χ1) is 14.8. The zero-order valence-electron chi connectivity index (χ0n) is 18.3. The summed E-state index contributed by atoms with van der Waals surface area (Å²) in [6, 6.07) is 15.2. The molecular formula is C24H32N2O5. The first-order valence-corrected chi connectivity index (χ1v) is 10.7. The van der Waals surface area contributed by atoms with E-state index in [0.717, 1.165) is 51.9 Å². The molecule has 1 amide bonds. The zero-order valence-corrected chi connectivity index (χ0v) is 18.3. The number of carboxylic acids is 2. The van der Waals surface area contributed by atoms with E-state index in [1.165, 1.54) is 16.3 Å². The Labute approximate surface area is 183 Å². The number of benzene rings is 2. The summed E-state index contributed by atoms with van der Waals surface area (Å²) in [7, 11) is 1.96. The van der Waals surface area contributed by atoms with Crippen LogP contribution in [-0.4, -0.2) is 64.5 Å². The third kappa shape index (κ3) is 7.36. The number of hydrogen-bond donors (Lipinski definition) is 2. The predicted octanol–water partition coefficient (Wildman–Crippen LogP) is 3.47. The highest BCUT2D eigenvalue weighted by atomic mass is 16.4. The number of amides is 1. The lowest BCUT2D eigenvalue weighted by Gasteiger charge is -2.33. The Kier molecular flexibility index (Phi) is 9.46. The van der Waals surface area contributed by atoms with E-state index in [1.807, 2.05) is 11.9 Å². The van der Waals surface area contributed by atoms with Gasteiger partial charge in [0.15, 0.2) is 0 Å². The second-order valence-electron chi connectivity index (χ2n) is 7.91. The number of piperidine rings is 1. The summed E-state index contributed by atoms with van der Waals surface area (Å²) in [5, 5.41) is 17.4. The number of carboxylic acid groups (broad SMARTS) is 2. The molecule has 168 valence electrons. The lowest BCUT2D eigenvalue weighted by atomic mass is 9.94. The third-order valence-electron chi connectivity index (χ3n) is 5.62. The maximum Gasteiger partial charge on any atom is 0.414 e. The normalized spacial score (nSPS) is 14.5. The number of likely N-dealkylation sites (tertiary alicyclic amines) is 1. The van der Waals surface area contributed by atoms with Gasteiger partial charge < -0.3 is 15.1 Å². The Morgan fingerprint density at radius 3 is 2.23 bits per heavy atom. The SMILES string of the molecule is CCCCN(C)C(=O)C1CCN(Cc2cccc3ccccc23)CC1.O=C(O)C(=O)O. The topological polar surface area (TPSA) is 98.2 Å². The molecule has 0 saturated carbocycles. The summed E-state index contributed by atoms with van der Waals surface area (Å²) in [5.74, 6) is -3.09. The quantitative estimate of drug-likeness (QED) is 0.684. The molecule has 1 heterocycles. The lowest BCUT2D eigenvalue weighted by Crippen LogP contribution is -2.41. The number of carbonyl (C=O) groups is 3. The Morgan fingerprint density at radius 1 is 1.00 bits per heavy atom. The van der Waals surface area contributed by atoms with Gasteiger partial charge in [-0.1, -0.05) is 55.8 Å². The van der Waals surface area contributed by atoms with Gasteiger partial charge in [-0.15, -0.1) is 0 Å². The summed E-state index contributed by atoms with van der Waals surface area (Å²) in [6.07, 6.45) is 4.21. The molecule has 2 aromatic rings. The van der Waals surface area contributed by atoms with Gasteiger partial charge in [0.05, 0.1) is 0 Å². The molecular weight excluding hydrogens is 396 g/mol. The molecule has 2 N–H and O–H groups in total. The molecule has 7 nitrogen and oxygen atoms in total. The number of fused-ring (bicyclic) bond motifs is 1. The maximum atomic E-state index is 12.6. The molecule has 1 saturated heterocycles. The smallest absolute Gasteiger partial charge is 0.414 e. The Bertz CT molecular complexity index is 873. The van der Waals surface area contributed by atoms with Crippen LogP contribution in [0.4, 0.5) is 0 Å². The van der Waals surface area contributed by atoms with E-state index in [0.29, 0.717) is 5.91 Å². The number of unbranched alkanes of at least 4 members (excludes halogenated alkanes) is 1. The van der Waals surface area contributed by atoms with Gasteiger partial charge in [0.2, 0.25) is 5.91 Å². The van der Waals surface area contributed by atoms with Gasteiger partial charge in [-0.2, -0.15) is 0 Å². The minimum Gasteiger partial charge on any atom is -0.473 e. The van der Waals surface area contributed by atoms with E-state index >= 15 is 0 Å². The second-order valence-corrected chi connectivity index (χ2v) is 7.91. The van der Waals surface area contributed by atoms with Crippen LogP contribution in [0.3, 0.4) is 0 Å². The number of aliphatic carboxylic acids is 2. The van der Waals surface area contributed by atoms with Crippen LogP contribution in [-0.2, 0) is 20.9 Å². The average Bonchev–Trinajstić information content (AvgIpc) is 2.78. The monoisotopic (exact) mass is 428 g/mol. The molecule has 1 fully saturated rings. The molecule has 1 aliphatic heterocycles. The molecule has 0 aromatic heterocycles. The van der Waals surface area contributed by atoms with E-state index < -0.39 is 11.9 Å². The summed E-state index contributed by atoms with van der Waals surface area (Å²) in [6.45, 7) is 6.08. The highest BCUT2D eigenvalue weighted by Gasteiger charge is 2.27. The molecule has 0 aliphatic carbocycles. The van der Waals surface area contributed by atoms with E-state index in [4.69, 9.17) is 19.8 Å². The first-order valence-electron chi connectivity index (χ1n) is 10.7. The lowest BCUT2D eigenvalue weighted by molar-refractivity contribution is -0.159. The van der Waals surface area contributed by atoms with Crippen molar-refractivity contribution in [2.75, 3.05) is 26.7 Å². The summed E-state index contributed by atoms with van der Waals surface area (Å²) >= 11 is 0. The fraction of sp³-hybridized carbons (Fsp3) is 0.458. The largest absolute Gasteiger partial charge is 0.473 e. The number of carbonyl (C=O) groups excluding carboxylic acids is 1. The summed E-state index contributed by atoms with van der Waals surface area (Å²) in [5.41, 5.74) is 1.39. The van der Waals surface area contributed by atoms with Crippen LogP contribution < -0.4 is 0 Å². The van der Waals surface area contributed by atoms with Gasteiger partial charge in [0.25, 0.3) is 0 Å². The van der Waals surface area contributed by atoms with Crippen molar-refractivity contribution >= 4 is 28.6 Å². The van der Waals surface area contributed by atoms with Crippen LogP contribution in [0.5, 0.6) is 0 Å². The van der Waals surface area contributed by atoms with Crippen molar-refractivity contribution in [1.82, 2.24) is 9.80 Å². The van der Waals surface area contributed by atoms with Crippen LogP contribution in [0.25, 0.3) is 10.8 Å². The fourth-order valence-electron chi connectivity index (χ4n) is 3.83. The van der Waals surface area contributed by atoms with Crippen molar-refractivity contribution in [3.05, 3.63) is 48.0 Å². The van der Waals surface area contributed by atoms with E-state index in [2.05, 4.69) is 54.3 Å². The molecule has 0 spiro atoms. The second kappa shape index (κ2) is 12.1. The molecule has 0 unspecified atom stereocenters. The third-order valence-corrected chi connectivity index (χ3v) is 5.62. The molecule has 0 bridgehead atoms. The van der Waals surface area contributed by atoms with Crippen molar-refractivity contribution in [3.8, 4) is 0 Å². The van der Waals surface area contributed by atoms with Crippen LogP contribution in [0.1, 0.15) is 38.2 Å². The minimum absolute atomic E-state index is 0.214. The van der Waals surface area contributed by atoms with Gasteiger partial charge in [0.1, 0.15) is 0 Å². The van der Waals surface area contributed by atoms with Crippen molar-refractivity contribution in [1.29, 1.82) is 0 Å². The van der Waals surface area contributed by atoms with Crippen LogP contribution >= 0.6 is 0 Å². The summed E-state index contributed by atoms with van der Waals surface area (Å²) in [4.78, 5) is 35.2. The Balaban J connectivity index is 0.000000501. The van der Waals surface area contributed by atoms with E-state index in [-0.39, 0.29) is 5.92 Å². The molecule has 31 heavy (non-hydrogen) atoms. The van der Waals surface area contributed by atoms with E-state index in [1.54, 1.807) is 0 Å². The van der Waals surface area contributed by atoms with E-state index in [9.17, 15) is 4.79 Å². The van der Waals surface area contributed by atoms with Gasteiger partial charge >= 0.3 is 11.9 Å².